The Labute approximate surface area is 122 Å². The molecule has 0 aliphatic heterocycles. The molecule has 0 atom stereocenters. The average Bonchev–Trinajstić information content (AvgIpc) is 2.50. The van der Waals surface area contributed by atoms with Crippen LogP contribution in [0.4, 0.5) is 5.69 Å². The Morgan fingerprint density at radius 1 is 1.15 bits per heavy atom. The summed E-state index contributed by atoms with van der Waals surface area (Å²) in [5.41, 5.74) is 2.23. The molecular weight excluding hydrogens is 248 g/mol. The van der Waals surface area contributed by atoms with Gasteiger partial charge in [0.25, 0.3) is 0 Å². The van der Waals surface area contributed by atoms with Crippen molar-refractivity contribution in [3.63, 3.8) is 0 Å². The molecule has 1 fully saturated rings. The number of nitrogens with one attached hydrogen (secondary N) is 2. The van der Waals surface area contributed by atoms with E-state index in [1.165, 1.54) is 37.8 Å². The lowest BCUT2D eigenvalue weighted by Gasteiger charge is -2.29. The fourth-order valence-corrected chi connectivity index (χ4v) is 2.94. The maximum atomic E-state index is 11.3. The summed E-state index contributed by atoms with van der Waals surface area (Å²) in [7, 11) is 1.67. The highest BCUT2D eigenvalue weighted by molar-refractivity contribution is 5.78. The molecule has 1 amide bonds. The number of hydrogen-bond acceptors (Lipinski definition) is 2. The predicted molar refractivity (Wildman–Crippen MR) is 83.9 cm³/mol. The first-order valence-electron chi connectivity index (χ1n) is 7.77. The van der Waals surface area contributed by atoms with Gasteiger partial charge in [-0.3, -0.25) is 4.79 Å². The Balaban J connectivity index is 1.83. The summed E-state index contributed by atoms with van der Waals surface area (Å²) in [6.07, 6.45) is 7.03. The Hall–Kier alpha value is -1.51. The smallest absolute Gasteiger partial charge is 0.224 e. The van der Waals surface area contributed by atoms with Gasteiger partial charge in [0.05, 0.1) is 6.42 Å². The van der Waals surface area contributed by atoms with Crippen molar-refractivity contribution in [2.24, 2.45) is 5.92 Å². The topological polar surface area (TPSA) is 41.1 Å². The molecule has 0 radical (unpaired) electrons. The summed E-state index contributed by atoms with van der Waals surface area (Å²) in [4.78, 5) is 11.3. The van der Waals surface area contributed by atoms with Crippen molar-refractivity contribution < 1.29 is 4.79 Å². The zero-order valence-electron chi connectivity index (χ0n) is 12.6. The molecular formula is C17H26N2O. The lowest BCUT2D eigenvalue weighted by atomic mass is 9.84. The van der Waals surface area contributed by atoms with Crippen LogP contribution < -0.4 is 10.6 Å². The van der Waals surface area contributed by atoms with E-state index >= 15 is 0 Å². The molecule has 3 nitrogen and oxygen atoms in total. The highest BCUT2D eigenvalue weighted by atomic mass is 16.1. The molecule has 3 heteroatoms. The van der Waals surface area contributed by atoms with E-state index in [0.717, 1.165) is 11.5 Å². The first kappa shape index (κ1) is 14.9. The molecule has 1 aliphatic carbocycles. The van der Waals surface area contributed by atoms with E-state index in [1.807, 2.05) is 12.1 Å². The lowest BCUT2D eigenvalue weighted by molar-refractivity contribution is -0.119. The van der Waals surface area contributed by atoms with Crippen molar-refractivity contribution in [1.29, 1.82) is 0 Å². The number of carbonyl (C=O) groups excluding carboxylic acids is 1. The van der Waals surface area contributed by atoms with Gasteiger partial charge in [-0.2, -0.15) is 0 Å². The van der Waals surface area contributed by atoms with Gasteiger partial charge in [-0.1, -0.05) is 25.5 Å². The van der Waals surface area contributed by atoms with E-state index < -0.39 is 0 Å². The molecule has 0 spiro atoms. The molecule has 110 valence electrons. The van der Waals surface area contributed by atoms with E-state index in [-0.39, 0.29) is 5.91 Å². The standard InChI is InChI=1S/C17H26N2O/c1-3-13-4-8-15(9-5-13)19-16-10-6-14(7-11-16)12-17(20)18-2/h6-7,10-11,13,15,19H,3-5,8-9,12H2,1-2H3,(H,18,20). The molecule has 2 rings (SSSR count). The third-order valence-corrected chi connectivity index (χ3v) is 4.39. The van der Waals surface area contributed by atoms with Crippen molar-refractivity contribution in [3.05, 3.63) is 29.8 Å². The summed E-state index contributed by atoms with van der Waals surface area (Å²) >= 11 is 0. The first-order chi connectivity index (χ1) is 9.71. The fraction of sp³-hybridized carbons (Fsp3) is 0.588. The van der Waals surface area contributed by atoms with Gasteiger partial charge < -0.3 is 10.6 Å². The van der Waals surface area contributed by atoms with Crippen LogP contribution in [0.15, 0.2) is 24.3 Å². The molecule has 0 heterocycles. The molecule has 0 unspecified atom stereocenters. The van der Waals surface area contributed by atoms with Gasteiger partial charge >= 0.3 is 0 Å². The van der Waals surface area contributed by atoms with Crippen molar-refractivity contribution in [2.45, 2.75) is 51.5 Å². The Bertz CT molecular complexity index is 419. The number of anilines is 1. The van der Waals surface area contributed by atoms with Crippen LogP contribution in [0.1, 0.15) is 44.6 Å². The summed E-state index contributed by atoms with van der Waals surface area (Å²) < 4.78 is 0. The second-order valence-electron chi connectivity index (χ2n) is 5.82. The Kier molecular flexibility index (Phi) is 5.45. The van der Waals surface area contributed by atoms with Gasteiger partial charge in [-0.25, -0.2) is 0 Å². The van der Waals surface area contributed by atoms with Gasteiger partial charge in [-0.15, -0.1) is 0 Å². The molecule has 1 aromatic rings. The van der Waals surface area contributed by atoms with E-state index in [1.54, 1.807) is 7.05 Å². The maximum absolute atomic E-state index is 11.3. The summed E-state index contributed by atoms with van der Waals surface area (Å²) in [5, 5.41) is 6.27. The monoisotopic (exact) mass is 274 g/mol. The number of amides is 1. The van der Waals surface area contributed by atoms with Gasteiger partial charge in [0, 0.05) is 18.8 Å². The number of benzene rings is 1. The fourth-order valence-electron chi connectivity index (χ4n) is 2.94. The molecule has 1 aliphatic rings. The summed E-state index contributed by atoms with van der Waals surface area (Å²) in [5.74, 6) is 0.992. The minimum atomic E-state index is 0.0589. The van der Waals surface area contributed by atoms with Crippen LogP contribution >= 0.6 is 0 Å². The molecule has 0 aromatic heterocycles. The van der Waals surface area contributed by atoms with Crippen LogP contribution in [0.5, 0.6) is 0 Å². The maximum Gasteiger partial charge on any atom is 0.224 e. The largest absolute Gasteiger partial charge is 0.382 e. The highest BCUT2D eigenvalue weighted by Gasteiger charge is 2.19. The van der Waals surface area contributed by atoms with Crippen molar-refractivity contribution in [2.75, 3.05) is 12.4 Å². The van der Waals surface area contributed by atoms with Crippen LogP contribution in [-0.4, -0.2) is 19.0 Å². The van der Waals surface area contributed by atoms with Crippen molar-refractivity contribution >= 4 is 11.6 Å². The second-order valence-corrected chi connectivity index (χ2v) is 5.82. The van der Waals surface area contributed by atoms with Crippen molar-refractivity contribution in [3.8, 4) is 0 Å². The Morgan fingerprint density at radius 3 is 2.35 bits per heavy atom. The number of rotatable bonds is 5. The van der Waals surface area contributed by atoms with E-state index in [0.29, 0.717) is 12.5 Å². The minimum absolute atomic E-state index is 0.0589. The van der Waals surface area contributed by atoms with Crippen LogP contribution in [0.3, 0.4) is 0 Å². The first-order valence-corrected chi connectivity index (χ1v) is 7.77. The summed E-state index contributed by atoms with van der Waals surface area (Å²) in [6.45, 7) is 2.30. The highest BCUT2D eigenvalue weighted by Crippen LogP contribution is 2.28. The molecule has 2 N–H and O–H groups in total. The zero-order chi connectivity index (χ0) is 14.4. The molecule has 0 bridgehead atoms. The zero-order valence-corrected chi connectivity index (χ0v) is 12.6. The SMILES string of the molecule is CCC1CCC(Nc2ccc(CC(=O)NC)cc2)CC1. The van der Waals surface area contributed by atoms with Crippen LogP contribution in [0.2, 0.25) is 0 Å². The average molecular weight is 274 g/mol. The van der Waals surface area contributed by atoms with Crippen molar-refractivity contribution in [1.82, 2.24) is 5.32 Å². The third-order valence-electron chi connectivity index (χ3n) is 4.39. The van der Waals surface area contributed by atoms with E-state index in [2.05, 4.69) is 29.7 Å². The van der Waals surface area contributed by atoms with Gasteiger partial charge in [0.1, 0.15) is 0 Å². The van der Waals surface area contributed by atoms with Crippen LogP contribution in [0.25, 0.3) is 0 Å². The van der Waals surface area contributed by atoms with Gasteiger partial charge in [-0.05, 0) is 49.3 Å². The van der Waals surface area contributed by atoms with Crippen LogP contribution in [-0.2, 0) is 11.2 Å². The molecule has 1 aromatic carbocycles. The molecule has 1 saturated carbocycles. The number of hydrogen-bond donors (Lipinski definition) is 2. The third kappa shape index (κ3) is 4.26. The normalized spacial score (nSPS) is 22.3. The van der Waals surface area contributed by atoms with E-state index in [9.17, 15) is 4.79 Å². The number of carbonyl (C=O) groups is 1. The summed E-state index contributed by atoms with van der Waals surface area (Å²) in [6, 6.07) is 8.86. The van der Waals surface area contributed by atoms with Gasteiger partial charge in [0.2, 0.25) is 5.91 Å². The van der Waals surface area contributed by atoms with Gasteiger partial charge in [0.15, 0.2) is 0 Å². The van der Waals surface area contributed by atoms with E-state index in [4.69, 9.17) is 0 Å². The quantitative estimate of drug-likeness (QED) is 0.864. The Morgan fingerprint density at radius 2 is 1.80 bits per heavy atom. The lowest BCUT2D eigenvalue weighted by Crippen LogP contribution is -2.25. The predicted octanol–water partition coefficient (Wildman–Crippen LogP) is 3.36. The van der Waals surface area contributed by atoms with Crippen LogP contribution in [0, 0.1) is 5.92 Å². The number of likely N-dealkylation sites (N-methyl/N-ethyl adjacent to an activating group) is 1. The molecule has 0 saturated heterocycles. The second kappa shape index (κ2) is 7.32. The molecule has 20 heavy (non-hydrogen) atoms. The minimum Gasteiger partial charge on any atom is -0.382 e.